The molecule has 1 unspecified atom stereocenters. The predicted octanol–water partition coefficient (Wildman–Crippen LogP) is 1.76. The summed E-state index contributed by atoms with van der Waals surface area (Å²) in [7, 11) is 0. The fourth-order valence-electron chi connectivity index (χ4n) is 1.66. The van der Waals surface area contributed by atoms with Gasteiger partial charge in [-0.25, -0.2) is 13.2 Å². The molecule has 1 aliphatic rings. The molecule has 0 aliphatic carbocycles. The maximum atomic E-state index is 12.9. The fraction of sp³-hybridized carbons (Fsp3) is 0.364. The van der Waals surface area contributed by atoms with Crippen molar-refractivity contribution in [3.8, 4) is 0 Å². The summed E-state index contributed by atoms with van der Waals surface area (Å²) in [5.41, 5.74) is 0.383. The van der Waals surface area contributed by atoms with Gasteiger partial charge in [0.25, 0.3) is 5.92 Å². The van der Waals surface area contributed by atoms with Crippen LogP contribution in [0.4, 0.5) is 18.9 Å². The molecular weight excluding hydrogens is 233 g/mol. The number of halogens is 3. The molecular formula is C11H11F3N2O. The highest BCUT2D eigenvalue weighted by Gasteiger charge is 2.42. The lowest BCUT2D eigenvalue weighted by Gasteiger charge is -2.11. The minimum atomic E-state index is -2.84. The Balaban J connectivity index is 1.96. The van der Waals surface area contributed by atoms with E-state index in [1.54, 1.807) is 0 Å². The van der Waals surface area contributed by atoms with E-state index in [1.165, 1.54) is 24.3 Å². The normalized spacial score (nSPS) is 22.4. The van der Waals surface area contributed by atoms with Crippen LogP contribution in [0.25, 0.3) is 0 Å². The summed E-state index contributed by atoms with van der Waals surface area (Å²) in [6, 6.07) is 4.22. The molecule has 1 saturated heterocycles. The van der Waals surface area contributed by atoms with Crippen molar-refractivity contribution in [1.82, 2.24) is 5.32 Å². The number of alkyl halides is 2. The van der Waals surface area contributed by atoms with Crippen molar-refractivity contribution in [3.05, 3.63) is 30.1 Å². The monoisotopic (exact) mass is 244 g/mol. The fourth-order valence-corrected chi connectivity index (χ4v) is 1.66. The Morgan fingerprint density at radius 3 is 2.53 bits per heavy atom. The highest BCUT2D eigenvalue weighted by molar-refractivity contribution is 5.95. The molecule has 1 aliphatic heterocycles. The van der Waals surface area contributed by atoms with Crippen LogP contribution in [0.5, 0.6) is 0 Å². The van der Waals surface area contributed by atoms with E-state index in [4.69, 9.17) is 0 Å². The summed E-state index contributed by atoms with van der Waals surface area (Å²) in [6.07, 6.45) is -0.514. The SMILES string of the molecule is O=C(Nc1ccc(F)cc1)C1CC(F)(F)CN1. The Morgan fingerprint density at radius 1 is 1.35 bits per heavy atom. The summed E-state index contributed by atoms with van der Waals surface area (Å²) in [5.74, 6) is -3.80. The van der Waals surface area contributed by atoms with Crippen LogP contribution in [0.2, 0.25) is 0 Å². The van der Waals surface area contributed by atoms with Crippen LogP contribution < -0.4 is 10.6 Å². The molecule has 0 bridgehead atoms. The molecule has 0 spiro atoms. The topological polar surface area (TPSA) is 41.1 Å². The first-order chi connectivity index (χ1) is 7.96. The van der Waals surface area contributed by atoms with Gasteiger partial charge in [0, 0.05) is 12.1 Å². The number of benzene rings is 1. The van der Waals surface area contributed by atoms with Gasteiger partial charge in [0.1, 0.15) is 5.82 Å². The summed E-state index contributed by atoms with van der Waals surface area (Å²) in [5, 5.41) is 4.89. The van der Waals surface area contributed by atoms with Gasteiger partial charge in [-0.15, -0.1) is 0 Å². The second-order valence-electron chi connectivity index (χ2n) is 3.99. The Kier molecular flexibility index (Phi) is 3.06. The molecule has 0 radical (unpaired) electrons. The van der Waals surface area contributed by atoms with Crippen molar-refractivity contribution in [2.24, 2.45) is 0 Å². The molecule has 0 saturated carbocycles. The maximum absolute atomic E-state index is 12.9. The molecule has 2 rings (SSSR count). The third-order valence-electron chi connectivity index (χ3n) is 2.54. The van der Waals surface area contributed by atoms with E-state index in [0.717, 1.165) is 0 Å². The number of hydrogen-bond acceptors (Lipinski definition) is 2. The molecule has 3 nitrogen and oxygen atoms in total. The van der Waals surface area contributed by atoms with Crippen molar-refractivity contribution in [2.45, 2.75) is 18.4 Å². The van der Waals surface area contributed by atoms with Gasteiger partial charge in [0.15, 0.2) is 0 Å². The molecule has 1 fully saturated rings. The van der Waals surface area contributed by atoms with Gasteiger partial charge in [-0.3, -0.25) is 10.1 Å². The first kappa shape index (κ1) is 11.9. The molecule has 92 valence electrons. The van der Waals surface area contributed by atoms with Crippen LogP contribution in [0.15, 0.2) is 24.3 Å². The smallest absolute Gasteiger partial charge is 0.262 e. The maximum Gasteiger partial charge on any atom is 0.262 e. The van der Waals surface area contributed by atoms with E-state index in [1.807, 2.05) is 0 Å². The Hall–Kier alpha value is -1.56. The molecule has 17 heavy (non-hydrogen) atoms. The second-order valence-corrected chi connectivity index (χ2v) is 3.99. The van der Waals surface area contributed by atoms with Crippen LogP contribution in [-0.2, 0) is 4.79 Å². The zero-order valence-corrected chi connectivity index (χ0v) is 8.84. The largest absolute Gasteiger partial charge is 0.325 e. The number of carbonyl (C=O) groups is 1. The van der Waals surface area contributed by atoms with Crippen LogP contribution in [0, 0.1) is 5.82 Å². The predicted molar refractivity (Wildman–Crippen MR) is 56.4 cm³/mol. The highest BCUT2D eigenvalue weighted by atomic mass is 19.3. The summed E-state index contributed by atoms with van der Waals surface area (Å²) >= 11 is 0. The van der Waals surface area contributed by atoms with Crippen molar-refractivity contribution in [1.29, 1.82) is 0 Å². The lowest BCUT2D eigenvalue weighted by Crippen LogP contribution is -2.35. The minimum Gasteiger partial charge on any atom is -0.325 e. The van der Waals surface area contributed by atoms with Crippen LogP contribution in [0.1, 0.15) is 6.42 Å². The Morgan fingerprint density at radius 2 is 2.00 bits per heavy atom. The average molecular weight is 244 g/mol. The average Bonchev–Trinajstić information content (AvgIpc) is 2.62. The Bertz CT molecular complexity index is 419. The number of hydrogen-bond donors (Lipinski definition) is 2. The quantitative estimate of drug-likeness (QED) is 0.832. The summed E-state index contributed by atoms with van der Waals surface area (Å²) < 4.78 is 38.3. The van der Waals surface area contributed by atoms with Gasteiger partial charge >= 0.3 is 0 Å². The van der Waals surface area contributed by atoms with Crippen LogP contribution >= 0.6 is 0 Å². The van der Waals surface area contributed by atoms with E-state index in [2.05, 4.69) is 10.6 Å². The third-order valence-corrected chi connectivity index (χ3v) is 2.54. The van der Waals surface area contributed by atoms with Crippen LogP contribution in [0.3, 0.4) is 0 Å². The van der Waals surface area contributed by atoms with Crippen molar-refractivity contribution in [3.63, 3.8) is 0 Å². The lowest BCUT2D eigenvalue weighted by atomic mass is 10.2. The van der Waals surface area contributed by atoms with Crippen LogP contribution in [-0.4, -0.2) is 24.4 Å². The molecule has 0 aromatic heterocycles. The van der Waals surface area contributed by atoms with Gasteiger partial charge in [-0.2, -0.15) is 0 Å². The molecule has 1 aromatic carbocycles. The zero-order chi connectivity index (χ0) is 12.5. The van der Waals surface area contributed by atoms with Gasteiger partial charge < -0.3 is 5.32 Å². The van der Waals surface area contributed by atoms with Crippen molar-refractivity contribution in [2.75, 3.05) is 11.9 Å². The molecule has 6 heteroatoms. The zero-order valence-electron chi connectivity index (χ0n) is 8.84. The van der Waals surface area contributed by atoms with E-state index >= 15 is 0 Å². The highest BCUT2D eigenvalue weighted by Crippen LogP contribution is 2.25. The van der Waals surface area contributed by atoms with E-state index in [0.29, 0.717) is 5.69 Å². The molecule has 1 amide bonds. The first-order valence-electron chi connectivity index (χ1n) is 5.14. The standard InChI is InChI=1S/C11H11F3N2O/c12-7-1-3-8(4-2-7)16-10(17)9-5-11(13,14)6-15-9/h1-4,9,15H,5-6H2,(H,16,17). The van der Waals surface area contributed by atoms with E-state index in [-0.39, 0.29) is 0 Å². The van der Waals surface area contributed by atoms with Gasteiger partial charge in [0.2, 0.25) is 5.91 Å². The van der Waals surface area contributed by atoms with E-state index in [9.17, 15) is 18.0 Å². The first-order valence-corrected chi connectivity index (χ1v) is 5.14. The Labute approximate surface area is 96.0 Å². The lowest BCUT2D eigenvalue weighted by molar-refractivity contribution is -0.118. The number of carbonyl (C=O) groups excluding carboxylic acids is 1. The number of rotatable bonds is 2. The third kappa shape index (κ3) is 2.97. The summed E-state index contributed by atoms with van der Waals surface area (Å²) in [6.45, 7) is -0.492. The van der Waals surface area contributed by atoms with Gasteiger partial charge in [-0.05, 0) is 24.3 Å². The van der Waals surface area contributed by atoms with Crippen molar-refractivity contribution >= 4 is 11.6 Å². The molecule has 1 atom stereocenters. The number of amides is 1. The molecule has 2 N–H and O–H groups in total. The second kappa shape index (κ2) is 4.37. The summed E-state index contributed by atoms with van der Waals surface area (Å²) in [4.78, 5) is 11.6. The molecule has 1 aromatic rings. The van der Waals surface area contributed by atoms with E-state index < -0.39 is 36.7 Å². The number of anilines is 1. The molecule has 1 heterocycles. The number of nitrogens with one attached hydrogen (secondary N) is 2. The van der Waals surface area contributed by atoms with Crippen molar-refractivity contribution < 1.29 is 18.0 Å². The minimum absolute atomic E-state index is 0.383. The van der Waals surface area contributed by atoms with Gasteiger partial charge in [0.05, 0.1) is 12.6 Å². The van der Waals surface area contributed by atoms with Gasteiger partial charge in [-0.1, -0.05) is 0 Å².